The van der Waals surface area contributed by atoms with E-state index in [1.165, 1.54) is 6.07 Å². The minimum atomic E-state index is -4.28. The Morgan fingerprint density at radius 3 is 2.54 bits per heavy atom. The molecule has 0 radical (unpaired) electrons. The first-order chi connectivity index (χ1) is 12.2. The van der Waals surface area contributed by atoms with Gasteiger partial charge in [0.15, 0.2) is 5.03 Å². The van der Waals surface area contributed by atoms with Crippen LogP contribution in [0, 0.1) is 6.92 Å². The molecule has 2 aromatic rings. The van der Waals surface area contributed by atoms with Gasteiger partial charge in [-0.3, -0.25) is 9.35 Å². The molecule has 1 aliphatic heterocycles. The van der Waals surface area contributed by atoms with Crippen LogP contribution in [0.15, 0.2) is 35.4 Å². The van der Waals surface area contributed by atoms with Gasteiger partial charge in [-0.1, -0.05) is 24.3 Å². The summed E-state index contributed by atoms with van der Waals surface area (Å²) in [6.45, 7) is 2.53. The van der Waals surface area contributed by atoms with Gasteiger partial charge >= 0.3 is 10.1 Å². The maximum Gasteiger partial charge on any atom is 0.310 e. The maximum atomic E-state index is 12.0. The molecule has 1 aliphatic rings. The largest absolute Gasteiger partial charge is 0.392 e. The fourth-order valence-corrected chi connectivity index (χ4v) is 3.54. The van der Waals surface area contributed by atoms with Gasteiger partial charge in [-0.2, -0.15) is 8.42 Å². The van der Waals surface area contributed by atoms with E-state index in [0.29, 0.717) is 30.8 Å². The number of aryl methyl sites for hydroxylation is 1. The second kappa shape index (κ2) is 7.20. The van der Waals surface area contributed by atoms with Gasteiger partial charge in [0.2, 0.25) is 5.91 Å². The van der Waals surface area contributed by atoms with E-state index in [1.54, 1.807) is 6.92 Å². The summed E-state index contributed by atoms with van der Waals surface area (Å²) in [5, 5.41) is 15.0. The molecule has 1 aromatic carbocycles. The first-order valence-electron chi connectivity index (χ1n) is 8.19. The van der Waals surface area contributed by atoms with Crippen molar-refractivity contribution in [1.29, 1.82) is 0 Å². The second-order valence-electron chi connectivity index (χ2n) is 6.43. The Bertz CT molecular complexity index is 905. The molecule has 26 heavy (non-hydrogen) atoms. The van der Waals surface area contributed by atoms with Crippen molar-refractivity contribution >= 4 is 16.0 Å². The number of benzene rings is 1. The number of H-pyrrole nitrogens is 1. The summed E-state index contributed by atoms with van der Waals surface area (Å²) in [7, 11) is -4.28. The highest BCUT2D eigenvalue weighted by Crippen LogP contribution is 2.25. The number of amides is 1. The maximum absolute atomic E-state index is 12.0. The van der Waals surface area contributed by atoms with Crippen LogP contribution in [0.5, 0.6) is 0 Å². The number of nitrogens with one attached hydrogen (secondary N) is 3. The topological polar surface area (TPSA) is 132 Å². The summed E-state index contributed by atoms with van der Waals surface area (Å²) in [5.74, 6) is -0.149. The molecule has 3 rings (SSSR count). The number of rotatable bonds is 5. The van der Waals surface area contributed by atoms with Crippen molar-refractivity contribution in [3.63, 3.8) is 0 Å². The van der Waals surface area contributed by atoms with E-state index in [-0.39, 0.29) is 17.0 Å². The number of β-amino-alcohol motifs (C(OH)–C–C–N with tert-alkyl or cyclic N) is 1. The first kappa shape index (κ1) is 18.6. The number of aromatic amines is 1. The van der Waals surface area contributed by atoms with Crippen molar-refractivity contribution in [3.8, 4) is 11.3 Å². The summed E-state index contributed by atoms with van der Waals surface area (Å²) < 4.78 is 31.6. The van der Waals surface area contributed by atoms with E-state index in [9.17, 15) is 18.3 Å². The van der Waals surface area contributed by atoms with Crippen LogP contribution in [0.4, 0.5) is 0 Å². The van der Waals surface area contributed by atoms with E-state index in [1.807, 2.05) is 24.3 Å². The van der Waals surface area contributed by atoms with Crippen molar-refractivity contribution in [2.24, 2.45) is 0 Å². The standard InChI is InChI=1S/C17H21N3O5S/c1-10-6-15(26(23,24)25)20-16(10)12-4-2-11(3-5-12)8-19-17(22)14-7-13(21)9-18-14/h2-6,13-14,18,20-21H,7-9H2,1H3,(H,19,22)(H,23,24,25). The molecule has 1 saturated heterocycles. The molecule has 8 nitrogen and oxygen atoms in total. The average Bonchev–Trinajstić information content (AvgIpc) is 3.19. The average molecular weight is 379 g/mol. The van der Waals surface area contributed by atoms with E-state index in [2.05, 4.69) is 15.6 Å². The van der Waals surface area contributed by atoms with Crippen LogP contribution in [0.3, 0.4) is 0 Å². The molecule has 0 aliphatic carbocycles. The van der Waals surface area contributed by atoms with Gasteiger partial charge in [0, 0.05) is 18.8 Å². The minimum absolute atomic E-state index is 0.149. The predicted octanol–water partition coefficient (Wildman–Crippen LogP) is 0.576. The molecule has 2 unspecified atom stereocenters. The molecular formula is C17H21N3O5S. The van der Waals surface area contributed by atoms with E-state index in [0.717, 1.165) is 11.1 Å². The fourth-order valence-electron chi connectivity index (χ4n) is 2.98. The fraction of sp³-hybridized carbons (Fsp3) is 0.353. The molecule has 2 atom stereocenters. The third-order valence-corrected chi connectivity index (χ3v) is 5.18. The SMILES string of the molecule is Cc1cc(S(=O)(=O)O)[nH]c1-c1ccc(CNC(=O)C2CC(O)CN2)cc1. The van der Waals surface area contributed by atoms with Crippen LogP contribution in [0.1, 0.15) is 17.5 Å². The van der Waals surface area contributed by atoms with E-state index < -0.39 is 16.2 Å². The summed E-state index contributed by atoms with van der Waals surface area (Å²) in [4.78, 5) is 14.7. The third kappa shape index (κ3) is 4.13. The monoisotopic (exact) mass is 379 g/mol. The number of aromatic nitrogens is 1. The highest BCUT2D eigenvalue weighted by molar-refractivity contribution is 7.85. The Balaban J connectivity index is 1.65. The highest BCUT2D eigenvalue weighted by Gasteiger charge is 2.27. The predicted molar refractivity (Wildman–Crippen MR) is 95.0 cm³/mol. The zero-order chi connectivity index (χ0) is 18.9. The lowest BCUT2D eigenvalue weighted by atomic mass is 10.1. The van der Waals surface area contributed by atoms with Crippen LogP contribution in [0.2, 0.25) is 0 Å². The molecule has 0 bridgehead atoms. The van der Waals surface area contributed by atoms with Crippen molar-refractivity contribution < 1.29 is 22.9 Å². The Morgan fingerprint density at radius 1 is 1.31 bits per heavy atom. The van der Waals surface area contributed by atoms with Gasteiger partial charge in [-0.05, 0) is 36.1 Å². The molecule has 140 valence electrons. The summed E-state index contributed by atoms with van der Waals surface area (Å²) in [6.07, 6.45) is -0.0748. The Kier molecular flexibility index (Phi) is 5.15. The number of carbonyl (C=O) groups is 1. The number of hydrogen-bond acceptors (Lipinski definition) is 5. The Labute approximate surface area is 151 Å². The highest BCUT2D eigenvalue weighted by atomic mass is 32.2. The van der Waals surface area contributed by atoms with E-state index >= 15 is 0 Å². The van der Waals surface area contributed by atoms with E-state index in [4.69, 9.17) is 4.55 Å². The number of aliphatic hydroxyl groups is 1. The van der Waals surface area contributed by atoms with Crippen LogP contribution < -0.4 is 10.6 Å². The van der Waals surface area contributed by atoms with Crippen molar-refractivity contribution in [3.05, 3.63) is 41.5 Å². The third-order valence-electron chi connectivity index (χ3n) is 4.40. The van der Waals surface area contributed by atoms with Crippen LogP contribution in [-0.4, -0.2) is 47.7 Å². The Hall–Kier alpha value is -2.20. The minimum Gasteiger partial charge on any atom is -0.392 e. The van der Waals surface area contributed by atoms with Gasteiger partial charge in [0.05, 0.1) is 12.1 Å². The first-order valence-corrected chi connectivity index (χ1v) is 9.63. The molecular weight excluding hydrogens is 358 g/mol. The lowest BCUT2D eigenvalue weighted by Gasteiger charge is -2.11. The quantitative estimate of drug-likeness (QED) is 0.483. The smallest absolute Gasteiger partial charge is 0.310 e. The second-order valence-corrected chi connectivity index (χ2v) is 7.82. The summed E-state index contributed by atoms with van der Waals surface area (Å²) >= 11 is 0. The molecule has 2 heterocycles. The molecule has 1 aromatic heterocycles. The van der Waals surface area contributed by atoms with Crippen molar-refractivity contribution in [1.82, 2.24) is 15.6 Å². The molecule has 0 spiro atoms. The lowest BCUT2D eigenvalue weighted by molar-refractivity contribution is -0.123. The van der Waals surface area contributed by atoms with Gasteiger partial charge in [0.1, 0.15) is 0 Å². The van der Waals surface area contributed by atoms with Crippen molar-refractivity contribution in [2.75, 3.05) is 6.54 Å². The van der Waals surface area contributed by atoms with Gasteiger partial charge in [-0.25, -0.2) is 0 Å². The molecule has 5 N–H and O–H groups in total. The Morgan fingerprint density at radius 2 is 2.00 bits per heavy atom. The number of hydrogen-bond donors (Lipinski definition) is 5. The zero-order valence-electron chi connectivity index (χ0n) is 14.2. The molecule has 1 amide bonds. The molecule has 9 heteroatoms. The normalized spacial score (nSPS) is 20.3. The number of carbonyl (C=O) groups excluding carboxylic acids is 1. The van der Waals surface area contributed by atoms with Crippen LogP contribution in [0.25, 0.3) is 11.3 Å². The van der Waals surface area contributed by atoms with Crippen molar-refractivity contribution in [2.45, 2.75) is 37.1 Å². The van der Waals surface area contributed by atoms with Gasteiger partial charge < -0.3 is 20.7 Å². The van der Waals surface area contributed by atoms with Gasteiger partial charge in [0.25, 0.3) is 0 Å². The van der Waals surface area contributed by atoms with Gasteiger partial charge in [-0.15, -0.1) is 0 Å². The van der Waals surface area contributed by atoms with Crippen LogP contribution >= 0.6 is 0 Å². The molecule has 1 fully saturated rings. The zero-order valence-corrected chi connectivity index (χ0v) is 15.0. The summed E-state index contributed by atoms with van der Waals surface area (Å²) in [6, 6.07) is 8.30. The number of aliphatic hydroxyl groups excluding tert-OH is 1. The molecule has 0 saturated carbocycles. The van der Waals surface area contributed by atoms with Crippen LogP contribution in [-0.2, 0) is 21.5 Å². The lowest BCUT2D eigenvalue weighted by Crippen LogP contribution is -2.39. The summed E-state index contributed by atoms with van der Waals surface area (Å²) in [5.41, 5.74) is 2.97.